The Labute approximate surface area is 113 Å². The molecule has 0 spiro atoms. The fourth-order valence-electron chi connectivity index (χ4n) is 2.76. The Balaban J connectivity index is 1.52. The third-order valence-corrected chi connectivity index (χ3v) is 3.87. The van der Waals surface area contributed by atoms with Crippen molar-refractivity contribution in [3.05, 3.63) is 30.2 Å². The van der Waals surface area contributed by atoms with Gasteiger partial charge in [0.2, 0.25) is 0 Å². The summed E-state index contributed by atoms with van der Waals surface area (Å²) in [5.41, 5.74) is 3.14. The fourth-order valence-corrected chi connectivity index (χ4v) is 2.76. The van der Waals surface area contributed by atoms with Gasteiger partial charge in [0.1, 0.15) is 5.52 Å². The number of nitrogens with one attached hydrogen (secondary N) is 1. The highest BCUT2D eigenvalue weighted by molar-refractivity contribution is 5.72. The van der Waals surface area contributed by atoms with Crippen LogP contribution < -0.4 is 5.32 Å². The molecule has 1 aromatic heterocycles. The van der Waals surface area contributed by atoms with Gasteiger partial charge in [0.25, 0.3) is 0 Å². The van der Waals surface area contributed by atoms with Crippen LogP contribution in [-0.4, -0.2) is 42.6 Å². The summed E-state index contributed by atoms with van der Waals surface area (Å²) in [6.45, 7) is 3.41. The number of aromatic nitrogens is 1. The van der Waals surface area contributed by atoms with Gasteiger partial charge in [0, 0.05) is 19.1 Å². The molecule has 2 heterocycles. The van der Waals surface area contributed by atoms with Crippen LogP contribution in [0.15, 0.2) is 29.0 Å². The van der Waals surface area contributed by atoms with Crippen LogP contribution in [0.3, 0.4) is 0 Å². The van der Waals surface area contributed by atoms with E-state index in [1.165, 1.54) is 31.3 Å². The van der Waals surface area contributed by atoms with Gasteiger partial charge >= 0.3 is 0 Å². The largest absolute Gasteiger partial charge is 0.443 e. The molecule has 0 amide bonds. The number of oxazole rings is 1. The van der Waals surface area contributed by atoms with E-state index in [4.69, 9.17) is 4.42 Å². The normalized spacial score (nSPS) is 19.6. The van der Waals surface area contributed by atoms with E-state index in [1.54, 1.807) is 0 Å². The Morgan fingerprint density at radius 2 is 2.42 bits per heavy atom. The first-order chi connectivity index (χ1) is 9.31. The average Bonchev–Trinajstić information content (AvgIpc) is 3.06. The molecule has 4 nitrogen and oxygen atoms in total. The number of benzene rings is 1. The SMILES string of the molecule is CN(CCc1ccc2ncoc2c1)CC1CCCN1. The van der Waals surface area contributed by atoms with Gasteiger partial charge in [-0.2, -0.15) is 0 Å². The zero-order valence-corrected chi connectivity index (χ0v) is 11.4. The van der Waals surface area contributed by atoms with E-state index < -0.39 is 0 Å². The van der Waals surface area contributed by atoms with Crippen molar-refractivity contribution in [2.45, 2.75) is 25.3 Å². The first-order valence-corrected chi connectivity index (χ1v) is 7.05. The fraction of sp³-hybridized carbons (Fsp3) is 0.533. The summed E-state index contributed by atoms with van der Waals surface area (Å²) in [6, 6.07) is 6.96. The number of likely N-dealkylation sites (N-methyl/N-ethyl adjacent to an activating group) is 1. The average molecular weight is 259 g/mol. The zero-order chi connectivity index (χ0) is 13.1. The maximum atomic E-state index is 5.34. The van der Waals surface area contributed by atoms with Gasteiger partial charge in [-0.15, -0.1) is 0 Å². The van der Waals surface area contributed by atoms with Crippen molar-refractivity contribution < 1.29 is 4.42 Å². The second kappa shape index (κ2) is 5.72. The molecule has 0 bridgehead atoms. The molecule has 0 radical (unpaired) electrons. The highest BCUT2D eigenvalue weighted by Crippen LogP contribution is 2.15. The Morgan fingerprint density at radius 1 is 1.47 bits per heavy atom. The number of rotatable bonds is 5. The van der Waals surface area contributed by atoms with E-state index in [0.29, 0.717) is 6.04 Å². The molecule has 1 aromatic carbocycles. The van der Waals surface area contributed by atoms with Crippen LogP contribution in [0.4, 0.5) is 0 Å². The lowest BCUT2D eigenvalue weighted by atomic mass is 10.1. The van der Waals surface area contributed by atoms with Gasteiger partial charge < -0.3 is 14.6 Å². The van der Waals surface area contributed by atoms with E-state index in [2.05, 4.69) is 34.4 Å². The molecule has 0 aliphatic carbocycles. The van der Waals surface area contributed by atoms with Gasteiger partial charge in [-0.25, -0.2) is 4.98 Å². The number of fused-ring (bicyclic) bond motifs is 1. The van der Waals surface area contributed by atoms with Gasteiger partial charge in [-0.3, -0.25) is 0 Å². The summed E-state index contributed by atoms with van der Waals surface area (Å²) in [5, 5.41) is 3.54. The predicted octanol–water partition coefficient (Wildman–Crippen LogP) is 2.05. The standard InChI is InChI=1S/C15H21N3O/c1-18(10-13-3-2-7-16-13)8-6-12-4-5-14-15(9-12)19-11-17-14/h4-5,9,11,13,16H,2-3,6-8,10H2,1H3. The molecule has 0 saturated carbocycles. The predicted molar refractivity (Wildman–Crippen MR) is 76.2 cm³/mol. The topological polar surface area (TPSA) is 41.3 Å². The van der Waals surface area contributed by atoms with Gasteiger partial charge in [-0.1, -0.05) is 6.07 Å². The van der Waals surface area contributed by atoms with E-state index in [-0.39, 0.29) is 0 Å². The minimum atomic E-state index is 0.682. The summed E-state index contributed by atoms with van der Waals surface area (Å²) in [7, 11) is 2.20. The van der Waals surface area contributed by atoms with Crippen molar-refractivity contribution in [1.29, 1.82) is 0 Å². The molecule has 19 heavy (non-hydrogen) atoms. The third kappa shape index (κ3) is 3.14. The first kappa shape index (κ1) is 12.6. The Morgan fingerprint density at radius 3 is 3.26 bits per heavy atom. The highest BCUT2D eigenvalue weighted by atomic mass is 16.3. The Kier molecular flexibility index (Phi) is 3.80. The van der Waals surface area contributed by atoms with Crippen molar-refractivity contribution in [3.8, 4) is 0 Å². The van der Waals surface area contributed by atoms with Crippen LogP contribution in [0.25, 0.3) is 11.1 Å². The van der Waals surface area contributed by atoms with Crippen LogP contribution in [0.1, 0.15) is 18.4 Å². The van der Waals surface area contributed by atoms with E-state index in [9.17, 15) is 0 Å². The molecule has 1 saturated heterocycles. The van der Waals surface area contributed by atoms with Crippen molar-refractivity contribution in [2.24, 2.45) is 0 Å². The van der Waals surface area contributed by atoms with Crippen molar-refractivity contribution in [1.82, 2.24) is 15.2 Å². The summed E-state index contributed by atoms with van der Waals surface area (Å²) in [4.78, 5) is 6.55. The lowest BCUT2D eigenvalue weighted by Crippen LogP contribution is -2.36. The lowest BCUT2D eigenvalue weighted by molar-refractivity contribution is 0.304. The Hall–Kier alpha value is -1.39. The van der Waals surface area contributed by atoms with Gasteiger partial charge in [0.15, 0.2) is 12.0 Å². The molecule has 2 aromatic rings. The van der Waals surface area contributed by atoms with E-state index in [1.807, 2.05) is 6.07 Å². The lowest BCUT2D eigenvalue weighted by Gasteiger charge is -2.20. The maximum Gasteiger partial charge on any atom is 0.181 e. The van der Waals surface area contributed by atoms with Gasteiger partial charge in [0.05, 0.1) is 0 Å². The van der Waals surface area contributed by atoms with Crippen molar-refractivity contribution in [2.75, 3.05) is 26.7 Å². The van der Waals surface area contributed by atoms with Crippen molar-refractivity contribution >= 4 is 11.1 Å². The third-order valence-electron chi connectivity index (χ3n) is 3.87. The summed E-state index contributed by atoms with van der Waals surface area (Å²) < 4.78 is 5.34. The summed E-state index contributed by atoms with van der Waals surface area (Å²) in [5.74, 6) is 0. The molecule has 3 rings (SSSR count). The monoisotopic (exact) mass is 259 g/mol. The highest BCUT2D eigenvalue weighted by Gasteiger charge is 2.15. The minimum Gasteiger partial charge on any atom is -0.443 e. The van der Waals surface area contributed by atoms with Crippen LogP contribution in [0.5, 0.6) is 0 Å². The van der Waals surface area contributed by atoms with E-state index in [0.717, 1.165) is 30.6 Å². The molecule has 1 unspecified atom stereocenters. The van der Waals surface area contributed by atoms with E-state index >= 15 is 0 Å². The molecular formula is C15H21N3O. The minimum absolute atomic E-state index is 0.682. The van der Waals surface area contributed by atoms with Crippen LogP contribution in [0.2, 0.25) is 0 Å². The summed E-state index contributed by atoms with van der Waals surface area (Å²) in [6.07, 6.45) is 5.20. The molecule has 1 fully saturated rings. The number of hydrogen-bond acceptors (Lipinski definition) is 4. The molecule has 1 aliphatic heterocycles. The maximum absolute atomic E-state index is 5.34. The van der Waals surface area contributed by atoms with Crippen LogP contribution in [-0.2, 0) is 6.42 Å². The second-order valence-electron chi connectivity index (χ2n) is 5.46. The molecule has 1 aliphatic rings. The second-order valence-corrected chi connectivity index (χ2v) is 5.46. The number of hydrogen-bond donors (Lipinski definition) is 1. The van der Waals surface area contributed by atoms with Crippen LogP contribution in [0, 0.1) is 0 Å². The first-order valence-electron chi connectivity index (χ1n) is 7.05. The van der Waals surface area contributed by atoms with Crippen LogP contribution >= 0.6 is 0 Å². The molecule has 4 heteroatoms. The Bertz CT molecular complexity index is 531. The summed E-state index contributed by atoms with van der Waals surface area (Å²) >= 11 is 0. The quantitative estimate of drug-likeness (QED) is 0.892. The molecule has 1 N–H and O–H groups in total. The molecule has 1 atom stereocenters. The zero-order valence-electron chi connectivity index (χ0n) is 11.4. The smallest absolute Gasteiger partial charge is 0.181 e. The van der Waals surface area contributed by atoms with Crippen molar-refractivity contribution in [3.63, 3.8) is 0 Å². The molecular weight excluding hydrogens is 238 g/mol. The van der Waals surface area contributed by atoms with Gasteiger partial charge in [-0.05, 0) is 50.6 Å². The molecule has 102 valence electrons. The number of nitrogens with zero attached hydrogens (tertiary/aromatic N) is 2.